The zero-order chi connectivity index (χ0) is 13.8. The van der Waals surface area contributed by atoms with Crippen LogP contribution in [0.4, 0.5) is 22.0 Å². The molecule has 0 aliphatic heterocycles. The standard InChI is InChI=1S/C11H9F5O2/c12-10(13,11(14,15)16)6-9(18-7-17)8-4-2-1-3-5-8/h1-5,7,9H,6H2. The Morgan fingerprint density at radius 3 is 2.11 bits per heavy atom. The average molecular weight is 268 g/mol. The third-order valence-corrected chi connectivity index (χ3v) is 2.25. The molecule has 100 valence electrons. The van der Waals surface area contributed by atoms with E-state index in [-0.39, 0.29) is 12.0 Å². The van der Waals surface area contributed by atoms with Crippen molar-refractivity contribution in [3.05, 3.63) is 35.9 Å². The van der Waals surface area contributed by atoms with Crippen LogP contribution < -0.4 is 0 Å². The Balaban J connectivity index is 2.92. The van der Waals surface area contributed by atoms with Crippen LogP contribution in [0.5, 0.6) is 0 Å². The molecule has 18 heavy (non-hydrogen) atoms. The number of ether oxygens (including phenoxy) is 1. The Hall–Kier alpha value is -1.66. The van der Waals surface area contributed by atoms with Gasteiger partial charge in [-0.2, -0.15) is 22.0 Å². The normalized spacial score (nSPS) is 14.1. The first-order valence-electron chi connectivity index (χ1n) is 4.86. The first-order valence-corrected chi connectivity index (χ1v) is 4.86. The van der Waals surface area contributed by atoms with Crippen LogP contribution in [0, 0.1) is 0 Å². The number of rotatable bonds is 5. The number of alkyl halides is 5. The van der Waals surface area contributed by atoms with Crippen molar-refractivity contribution in [2.45, 2.75) is 24.6 Å². The molecule has 0 aliphatic carbocycles. The summed E-state index contributed by atoms with van der Waals surface area (Å²) in [5, 5.41) is 0. The van der Waals surface area contributed by atoms with E-state index in [2.05, 4.69) is 4.74 Å². The minimum Gasteiger partial charge on any atom is -0.459 e. The third kappa shape index (κ3) is 3.41. The fourth-order valence-corrected chi connectivity index (χ4v) is 1.33. The van der Waals surface area contributed by atoms with E-state index in [0.29, 0.717) is 0 Å². The van der Waals surface area contributed by atoms with Crippen molar-refractivity contribution in [3.63, 3.8) is 0 Å². The first-order chi connectivity index (χ1) is 8.28. The van der Waals surface area contributed by atoms with Gasteiger partial charge in [0, 0.05) is 0 Å². The molecule has 0 aromatic heterocycles. The molecule has 7 heteroatoms. The minimum atomic E-state index is -5.67. The van der Waals surface area contributed by atoms with Gasteiger partial charge in [0.05, 0.1) is 6.42 Å². The highest BCUT2D eigenvalue weighted by atomic mass is 19.4. The summed E-state index contributed by atoms with van der Waals surface area (Å²) in [6.45, 7) is -0.149. The van der Waals surface area contributed by atoms with E-state index in [0.717, 1.165) is 0 Å². The SMILES string of the molecule is O=COC(CC(F)(F)C(F)(F)F)c1ccccc1. The molecule has 0 heterocycles. The zero-order valence-corrected chi connectivity index (χ0v) is 8.95. The van der Waals surface area contributed by atoms with Crippen molar-refractivity contribution in [2.75, 3.05) is 0 Å². The Bertz CT molecular complexity index is 388. The summed E-state index contributed by atoms with van der Waals surface area (Å²) >= 11 is 0. The fourth-order valence-electron chi connectivity index (χ4n) is 1.33. The molecule has 1 aromatic rings. The Kier molecular flexibility index (Phi) is 4.26. The molecule has 0 bridgehead atoms. The molecule has 0 N–H and O–H groups in total. The van der Waals surface area contributed by atoms with Gasteiger partial charge < -0.3 is 4.74 Å². The molecule has 1 aromatic carbocycles. The molecule has 0 saturated heterocycles. The third-order valence-electron chi connectivity index (χ3n) is 2.25. The molecule has 0 fully saturated rings. The molecule has 1 unspecified atom stereocenters. The summed E-state index contributed by atoms with van der Waals surface area (Å²) in [7, 11) is 0. The van der Waals surface area contributed by atoms with E-state index in [1.165, 1.54) is 24.3 Å². The van der Waals surface area contributed by atoms with Gasteiger partial charge in [0.1, 0.15) is 6.10 Å². The Labute approximate surface area is 99.4 Å². The van der Waals surface area contributed by atoms with E-state index >= 15 is 0 Å². The largest absolute Gasteiger partial charge is 0.459 e. The second-order valence-corrected chi connectivity index (χ2v) is 3.54. The van der Waals surface area contributed by atoms with Gasteiger partial charge in [-0.1, -0.05) is 30.3 Å². The van der Waals surface area contributed by atoms with Crippen molar-refractivity contribution < 1.29 is 31.5 Å². The predicted molar refractivity (Wildman–Crippen MR) is 52.0 cm³/mol. The highest BCUT2D eigenvalue weighted by Crippen LogP contribution is 2.42. The van der Waals surface area contributed by atoms with Gasteiger partial charge >= 0.3 is 12.1 Å². The summed E-state index contributed by atoms with van der Waals surface area (Å²) in [5.74, 6) is -4.92. The number of carbonyl (C=O) groups excluding carboxylic acids is 1. The van der Waals surface area contributed by atoms with E-state index in [4.69, 9.17) is 0 Å². The minimum absolute atomic E-state index is 0.0773. The van der Waals surface area contributed by atoms with Gasteiger partial charge in [-0.05, 0) is 5.56 Å². The summed E-state index contributed by atoms with van der Waals surface area (Å²) in [5.41, 5.74) is 0.0773. The van der Waals surface area contributed by atoms with Gasteiger partial charge in [0.15, 0.2) is 0 Å². The molecule has 1 atom stereocenters. The molecule has 0 amide bonds. The smallest absolute Gasteiger partial charge is 0.453 e. The summed E-state index contributed by atoms with van der Waals surface area (Å²) in [6.07, 6.45) is -8.95. The van der Waals surface area contributed by atoms with Crippen molar-refractivity contribution >= 4 is 6.47 Å². The van der Waals surface area contributed by atoms with Crippen LogP contribution in [-0.2, 0) is 9.53 Å². The van der Waals surface area contributed by atoms with Crippen molar-refractivity contribution in [3.8, 4) is 0 Å². The van der Waals surface area contributed by atoms with Gasteiger partial charge in [-0.15, -0.1) is 0 Å². The number of benzene rings is 1. The van der Waals surface area contributed by atoms with Crippen LogP contribution in [0.15, 0.2) is 30.3 Å². The second-order valence-electron chi connectivity index (χ2n) is 3.54. The molecular weight excluding hydrogens is 259 g/mol. The van der Waals surface area contributed by atoms with Crippen LogP contribution in [0.25, 0.3) is 0 Å². The highest BCUT2D eigenvalue weighted by Gasteiger charge is 2.58. The maximum absolute atomic E-state index is 12.9. The molecule has 0 aliphatic rings. The lowest BCUT2D eigenvalue weighted by atomic mass is 10.0. The zero-order valence-electron chi connectivity index (χ0n) is 8.95. The summed E-state index contributed by atoms with van der Waals surface area (Å²) < 4.78 is 66.2. The van der Waals surface area contributed by atoms with Gasteiger partial charge in [0.25, 0.3) is 6.47 Å². The van der Waals surface area contributed by atoms with E-state index in [9.17, 15) is 26.7 Å². The van der Waals surface area contributed by atoms with Crippen LogP contribution in [0.1, 0.15) is 18.1 Å². The average Bonchev–Trinajstić information content (AvgIpc) is 2.28. The van der Waals surface area contributed by atoms with Crippen LogP contribution in [-0.4, -0.2) is 18.6 Å². The lowest BCUT2D eigenvalue weighted by molar-refractivity contribution is -0.290. The maximum Gasteiger partial charge on any atom is 0.453 e. The van der Waals surface area contributed by atoms with Crippen molar-refractivity contribution in [1.82, 2.24) is 0 Å². The van der Waals surface area contributed by atoms with E-state index < -0.39 is 24.6 Å². The van der Waals surface area contributed by atoms with Gasteiger partial charge in [-0.25, -0.2) is 0 Å². The van der Waals surface area contributed by atoms with Crippen LogP contribution in [0.2, 0.25) is 0 Å². The number of halogens is 5. The maximum atomic E-state index is 12.9. The van der Waals surface area contributed by atoms with Crippen molar-refractivity contribution in [2.24, 2.45) is 0 Å². The van der Waals surface area contributed by atoms with Crippen LogP contribution >= 0.6 is 0 Å². The molecule has 1 rings (SSSR count). The number of carbonyl (C=O) groups is 1. The lowest BCUT2D eigenvalue weighted by Crippen LogP contribution is -2.38. The molecule has 0 spiro atoms. The van der Waals surface area contributed by atoms with E-state index in [1.54, 1.807) is 6.07 Å². The highest BCUT2D eigenvalue weighted by molar-refractivity contribution is 5.38. The molecule has 0 radical (unpaired) electrons. The quantitative estimate of drug-likeness (QED) is 0.603. The molecule has 0 saturated carbocycles. The first kappa shape index (κ1) is 14.4. The Morgan fingerprint density at radius 1 is 1.11 bits per heavy atom. The fraction of sp³-hybridized carbons (Fsp3) is 0.364. The predicted octanol–water partition coefficient (Wildman–Crippen LogP) is 3.49. The Morgan fingerprint density at radius 2 is 1.67 bits per heavy atom. The second kappa shape index (κ2) is 5.32. The molecular formula is C11H9F5O2. The van der Waals surface area contributed by atoms with Gasteiger partial charge in [0.2, 0.25) is 0 Å². The monoisotopic (exact) mass is 268 g/mol. The van der Waals surface area contributed by atoms with Crippen molar-refractivity contribution in [1.29, 1.82) is 0 Å². The van der Waals surface area contributed by atoms with E-state index in [1.807, 2.05) is 0 Å². The topological polar surface area (TPSA) is 26.3 Å². The summed E-state index contributed by atoms with van der Waals surface area (Å²) in [4.78, 5) is 10.2. The molecule has 2 nitrogen and oxygen atoms in total. The number of hydrogen-bond donors (Lipinski definition) is 0. The summed E-state index contributed by atoms with van der Waals surface area (Å²) in [6, 6.07) is 7.06. The van der Waals surface area contributed by atoms with Crippen LogP contribution in [0.3, 0.4) is 0 Å². The number of hydrogen-bond acceptors (Lipinski definition) is 2. The lowest BCUT2D eigenvalue weighted by Gasteiger charge is -2.24. The van der Waals surface area contributed by atoms with Gasteiger partial charge in [-0.3, -0.25) is 4.79 Å².